The molecule has 4 fully saturated rings. The third-order valence-corrected chi connectivity index (χ3v) is 9.54. The van der Waals surface area contributed by atoms with Crippen molar-refractivity contribution in [2.45, 2.75) is 91.8 Å². The summed E-state index contributed by atoms with van der Waals surface area (Å²) in [5.74, 6) is -0.0875. The van der Waals surface area contributed by atoms with Gasteiger partial charge in [-0.3, -0.25) is 14.4 Å². The van der Waals surface area contributed by atoms with Gasteiger partial charge in [-0.1, -0.05) is 26.8 Å². The predicted molar refractivity (Wildman–Crippen MR) is 118 cm³/mol. The first-order chi connectivity index (χ1) is 14.9. The van der Waals surface area contributed by atoms with E-state index in [9.17, 15) is 14.4 Å². The number of hydrogen-bond donors (Lipinski definition) is 0. The van der Waals surface area contributed by atoms with Gasteiger partial charge in [-0.15, -0.1) is 0 Å². The van der Waals surface area contributed by atoms with Crippen LogP contribution >= 0.6 is 0 Å². The van der Waals surface area contributed by atoms with Gasteiger partial charge in [0.1, 0.15) is 12.2 Å². The molecule has 0 heterocycles. The maximum absolute atomic E-state index is 12.3. The summed E-state index contributed by atoms with van der Waals surface area (Å²) in [6.07, 6.45) is 5.96. The Balaban J connectivity index is 1.81. The maximum Gasteiger partial charge on any atom is 0.303 e. The number of ether oxygens (including phenoxy) is 3. The Labute approximate surface area is 191 Å². The number of hydrogen-bond acceptors (Lipinski definition) is 6. The van der Waals surface area contributed by atoms with Crippen LogP contribution in [-0.2, 0) is 28.6 Å². The van der Waals surface area contributed by atoms with Gasteiger partial charge in [-0.2, -0.15) is 0 Å². The van der Waals surface area contributed by atoms with Crippen LogP contribution in [0.1, 0.15) is 79.6 Å². The van der Waals surface area contributed by atoms with Crippen molar-refractivity contribution in [3.63, 3.8) is 0 Å². The molecule has 0 N–H and O–H groups in total. The first-order valence-corrected chi connectivity index (χ1v) is 12.1. The zero-order valence-electron chi connectivity index (χ0n) is 20.2. The zero-order valence-corrected chi connectivity index (χ0v) is 20.2. The topological polar surface area (TPSA) is 78.9 Å². The number of carbonyl (C=O) groups is 3. The standard InChI is InChI=1S/C26H38O6/c1-15-19-8-9-20-25(6)11-7-10-24(5,14-30-16(2)27)21(25)12-22(31-17(3)28)26(20,13-19)23(15)32-18(4)29/h19-23H,1,7-14H2,2-6H3/t19-,20+,21-,22+,23+,24-,25+,26-/m1/s1. The molecule has 8 atom stereocenters. The Morgan fingerprint density at radius 1 is 0.969 bits per heavy atom. The fourth-order valence-corrected chi connectivity index (χ4v) is 8.51. The van der Waals surface area contributed by atoms with E-state index in [4.69, 9.17) is 14.2 Å². The molecule has 4 aliphatic rings. The highest BCUT2D eigenvalue weighted by molar-refractivity contribution is 5.68. The number of fused-ring (bicyclic) bond motifs is 3. The van der Waals surface area contributed by atoms with E-state index in [1.165, 1.54) is 20.8 Å². The highest BCUT2D eigenvalue weighted by Gasteiger charge is 2.72. The molecule has 4 aliphatic carbocycles. The molecule has 2 bridgehead atoms. The first kappa shape index (κ1) is 23.3. The van der Waals surface area contributed by atoms with Crippen molar-refractivity contribution in [2.24, 2.45) is 34.0 Å². The van der Waals surface area contributed by atoms with Gasteiger partial charge in [-0.05, 0) is 67.3 Å². The average Bonchev–Trinajstić information content (AvgIpc) is 2.89. The van der Waals surface area contributed by atoms with Crippen LogP contribution < -0.4 is 0 Å². The minimum absolute atomic E-state index is 0.0161. The SMILES string of the molecule is C=C1[C@@H]2CC[C@H]3[C@]4(C)CCC[C@](C)(COC(C)=O)[C@H]4C[C@H](OC(C)=O)[C@]3(C2)[C@H]1OC(C)=O. The molecular weight excluding hydrogens is 408 g/mol. The summed E-state index contributed by atoms with van der Waals surface area (Å²) in [7, 11) is 0. The molecule has 0 aliphatic heterocycles. The number of carbonyl (C=O) groups excluding carboxylic acids is 3. The monoisotopic (exact) mass is 446 g/mol. The molecule has 1 spiro atoms. The van der Waals surface area contributed by atoms with E-state index >= 15 is 0 Å². The molecule has 0 amide bonds. The first-order valence-electron chi connectivity index (χ1n) is 12.1. The number of rotatable bonds is 4. The average molecular weight is 447 g/mol. The van der Waals surface area contributed by atoms with E-state index in [1.807, 2.05) is 0 Å². The van der Waals surface area contributed by atoms with Crippen molar-refractivity contribution < 1.29 is 28.6 Å². The molecule has 4 rings (SSSR count). The second-order valence-electron chi connectivity index (χ2n) is 11.4. The molecule has 32 heavy (non-hydrogen) atoms. The molecule has 4 saturated carbocycles. The smallest absolute Gasteiger partial charge is 0.303 e. The zero-order chi connectivity index (χ0) is 23.5. The predicted octanol–water partition coefficient (Wildman–Crippen LogP) is 4.60. The van der Waals surface area contributed by atoms with E-state index in [2.05, 4.69) is 20.4 Å². The molecule has 6 heteroatoms. The highest BCUT2D eigenvalue weighted by atomic mass is 16.6. The number of esters is 3. The van der Waals surface area contributed by atoms with Crippen LogP contribution in [0.15, 0.2) is 12.2 Å². The van der Waals surface area contributed by atoms with Crippen LogP contribution in [0.2, 0.25) is 0 Å². The van der Waals surface area contributed by atoms with Gasteiger partial charge in [0.2, 0.25) is 0 Å². The molecule has 0 saturated heterocycles. The van der Waals surface area contributed by atoms with Gasteiger partial charge in [-0.25, -0.2) is 0 Å². The summed E-state index contributed by atoms with van der Waals surface area (Å²) in [6, 6.07) is 0. The quantitative estimate of drug-likeness (QED) is 0.357. The maximum atomic E-state index is 12.3. The van der Waals surface area contributed by atoms with Crippen molar-refractivity contribution in [3.05, 3.63) is 12.2 Å². The fraction of sp³-hybridized carbons (Fsp3) is 0.808. The van der Waals surface area contributed by atoms with Crippen molar-refractivity contribution in [1.29, 1.82) is 0 Å². The summed E-state index contributed by atoms with van der Waals surface area (Å²) in [5, 5.41) is 0. The largest absolute Gasteiger partial charge is 0.465 e. The van der Waals surface area contributed by atoms with Gasteiger partial charge in [0.05, 0.1) is 12.0 Å². The van der Waals surface area contributed by atoms with Crippen molar-refractivity contribution in [2.75, 3.05) is 6.61 Å². The molecule has 0 radical (unpaired) electrons. The van der Waals surface area contributed by atoms with Gasteiger partial charge in [0.15, 0.2) is 0 Å². The molecule has 178 valence electrons. The minimum Gasteiger partial charge on any atom is -0.465 e. The van der Waals surface area contributed by atoms with E-state index < -0.39 is 11.5 Å². The van der Waals surface area contributed by atoms with E-state index in [1.54, 1.807) is 0 Å². The summed E-state index contributed by atoms with van der Waals surface area (Å²) >= 11 is 0. The molecular formula is C26H38O6. The van der Waals surface area contributed by atoms with E-state index in [0.717, 1.165) is 44.1 Å². The third kappa shape index (κ3) is 3.40. The molecule has 0 unspecified atom stereocenters. The Hall–Kier alpha value is -1.85. The third-order valence-electron chi connectivity index (χ3n) is 9.54. The van der Waals surface area contributed by atoms with Crippen LogP contribution in [-0.4, -0.2) is 36.7 Å². The lowest BCUT2D eigenvalue weighted by atomic mass is 9.40. The normalized spacial score (nSPS) is 44.8. The highest BCUT2D eigenvalue weighted by Crippen LogP contribution is 2.73. The van der Waals surface area contributed by atoms with Crippen LogP contribution in [0.4, 0.5) is 0 Å². The van der Waals surface area contributed by atoms with Crippen molar-refractivity contribution >= 4 is 17.9 Å². The van der Waals surface area contributed by atoms with Gasteiger partial charge >= 0.3 is 17.9 Å². The van der Waals surface area contributed by atoms with Gasteiger partial charge < -0.3 is 14.2 Å². The Bertz CT molecular complexity index is 834. The van der Waals surface area contributed by atoms with Gasteiger partial charge in [0, 0.05) is 26.2 Å². The van der Waals surface area contributed by atoms with Crippen LogP contribution in [0, 0.1) is 34.0 Å². The summed E-state index contributed by atoms with van der Waals surface area (Å²) in [4.78, 5) is 36.0. The second-order valence-corrected chi connectivity index (χ2v) is 11.4. The summed E-state index contributed by atoms with van der Waals surface area (Å²) in [6.45, 7) is 13.7. The Kier molecular flexibility index (Phi) is 5.74. The van der Waals surface area contributed by atoms with Crippen LogP contribution in [0.5, 0.6) is 0 Å². The molecule has 0 aromatic carbocycles. The van der Waals surface area contributed by atoms with Gasteiger partial charge in [0.25, 0.3) is 0 Å². The van der Waals surface area contributed by atoms with Crippen molar-refractivity contribution in [1.82, 2.24) is 0 Å². The minimum atomic E-state index is -0.428. The summed E-state index contributed by atoms with van der Waals surface area (Å²) in [5.41, 5.74) is 0.364. The Morgan fingerprint density at radius 2 is 1.66 bits per heavy atom. The molecule has 0 aromatic heterocycles. The van der Waals surface area contributed by atoms with E-state index in [0.29, 0.717) is 18.9 Å². The fourth-order valence-electron chi connectivity index (χ4n) is 8.51. The summed E-state index contributed by atoms with van der Waals surface area (Å²) < 4.78 is 17.6. The second kappa shape index (κ2) is 7.88. The molecule has 0 aromatic rings. The molecule has 6 nitrogen and oxygen atoms in total. The lowest BCUT2D eigenvalue weighted by Crippen LogP contribution is -2.65. The lowest BCUT2D eigenvalue weighted by Gasteiger charge is -2.66. The van der Waals surface area contributed by atoms with Crippen LogP contribution in [0.25, 0.3) is 0 Å². The lowest BCUT2D eigenvalue weighted by molar-refractivity contribution is -0.239. The van der Waals surface area contributed by atoms with Crippen LogP contribution in [0.3, 0.4) is 0 Å². The van der Waals surface area contributed by atoms with E-state index in [-0.39, 0.29) is 46.7 Å². The van der Waals surface area contributed by atoms with Crippen molar-refractivity contribution in [3.8, 4) is 0 Å². The Morgan fingerprint density at radius 3 is 2.28 bits per heavy atom.